The number of ketones is 1. The lowest BCUT2D eigenvalue weighted by Crippen LogP contribution is -2.56. The predicted octanol–water partition coefficient (Wildman–Crippen LogP) is 0.503. The van der Waals surface area contributed by atoms with Crippen LogP contribution in [-0.4, -0.2) is 54.1 Å². The predicted molar refractivity (Wildman–Crippen MR) is 91.8 cm³/mol. The van der Waals surface area contributed by atoms with E-state index in [1.165, 1.54) is 0 Å². The number of carbonyl (C=O) groups excluding carboxylic acids is 4. The molecule has 7 heteroatoms. The average molecular weight is 345 g/mol. The SMILES string of the molecule is CCCNCC(=O)NC1CCC(=O)N(CC(=O)c2ccccc2)C1=O. The van der Waals surface area contributed by atoms with E-state index in [-0.39, 0.29) is 43.5 Å². The zero-order chi connectivity index (χ0) is 18.2. The van der Waals surface area contributed by atoms with Crippen LogP contribution in [-0.2, 0) is 14.4 Å². The normalized spacial score (nSPS) is 17.5. The zero-order valence-electron chi connectivity index (χ0n) is 14.3. The fourth-order valence-corrected chi connectivity index (χ4v) is 2.62. The van der Waals surface area contributed by atoms with Crippen LogP contribution < -0.4 is 10.6 Å². The van der Waals surface area contributed by atoms with E-state index >= 15 is 0 Å². The minimum absolute atomic E-state index is 0.120. The first kappa shape index (κ1) is 18.8. The second-order valence-electron chi connectivity index (χ2n) is 5.94. The fourth-order valence-electron chi connectivity index (χ4n) is 2.62. The molecule has 0 aromatic heterocycles. The van der Waals surface area contributed by atoms with E-state index in [9.17, 15) is 19.2 Å². The van der Waals surface area contributed by atoms with Crippen molar-refractivity contribution in [1.82, 2.24) is 15.5 Å². The molecule has 134 valence electrons. The maximum Gasteiger partial charge on any atom is 0.252 e. The molecule has 1 aliphatic rings. The quantitative estimate of drug-likeness (QED) is 0.406. The Morgan fingerprint density at radius 1 is 1.20 bits per heavy atom. The highest BCUT2D eigenvalue weighted by Gasteiger charge is 2.36. The van der Waals surface area contributed by atoms with Gasteiger partial charge in [0.2, 0.25) is 11.8 Å². The standard InChI is InChI=1S/C18H23N3O4/c1-2-10-19-11-16(23)20-14-8-9-17(24)21(18(14)25)12-15(22)13-6-4-3-5-7-13/h3-7,14,19H,2,8-12H2,1H3,(H,20,23). The molecule has 1 saturated heterocycles. The number of likely N-dealkylation sites (tertiary alicyclic amines) is 1. The molecule has 1 aromatic rings. The number of nitrogens with one attached hydrogen (secondary N) is 2. The molecule has 0 radical (unpaired) electrons. The third kappa shape index (κ3) is 5.22. The average Bonchev–Trinajstić information content (AvgIpc) is 2.62. The van der Waals surface area contributed by atoms with E-state index in [0.717, 1.165) is 11.3 Å². The van der Waals surface area contributed by atoms with Crippen LogP contribution in [0.3, 0.4) is 0 Å². The number of hydrogen-bond donors (Lipinski definition) is 2. The number of piperidine rings is 1. The number of imide groups is 1. The Morgan fingerprint density at radius 2 is 1.92 bits per heavy atom. The van der Waals surface area contributed by atoms with Gasteiger partial charge in [0.1, 0.15) is 6.04 Å². The van der Waals surface area contributed by atoms with Gasteiger partial charge < -0.3 is 10.6 Å². The van der Waals surface area contributed by atoms with Crippen LogP contribution in [0.4, 0.5) is 0 Å². The smallest absolute Gasteiger partial charge is 0.252 e. The van der Waals surface area contributed by atoms with E-state index in [2.05, 4.69) is 10.6 Å². The highest BCUT2D eigenvalue weighted by atomic mass is 16.2. The molecule has 3 amide bonds. The summed E-state index contributed by atoms with van der Waals surface area (Å²) in [6.07, 6.45) is 1.29. The van der Waals surface area contributed by atoms with Gasteiger partial charge in [-0.25, -0.2) is 0 Å². The molecule has 0 bridgehead atoms. The van der Waals surface area contributed by atoms with E-state index < -0.39 is 11.9 Å². The van der Waals surface area contributed by atoms with Gasteiger partial charge in [-0.2, -0.15) is 0 Å². The van der Waals surface area contributed by atoms with Gasteiger partial charge in [0.25, 0.3) is 5.91 Å². The van der Waals surface area contributed by atoms with Crippen molar-refractivity contribution in [3.8, 4) is 0 Å². The molecule has 2 rings (SSSR count). The van der Waals surface area contributed by atoms with Gasteiger partial charge >= 0.3 is 0 Å². The number of rotatable bonds is 8. The van der Waals surface area contributed by atoms with E-state index in [1.807, 2.05) is 6.92 Å². The number of amides is 3. The lowest BCUT2D eigenvalue weighted by atomic mass is 10.0. The Labute approximate surface area is 146 Å². The Morgan fingerprint density at radius 3 is 2.60 bits per heavy atom. The van der Waals surface area contributed by atoms with Crippen molar-refractivity contribution in [3.63, 3.8) is 0 Å². The molecule has 1 atom stereocenters. The Balaban J connectivity index is 1.96. The topological polar surface area (TPSA) is 95.6 Å². The molecule has 1 unspecified atom stereocenters. The molecular formula is C18H23N3O4. The van der Waals surface area contributed by atoms with Crippen LogP contribution in [0.25, 0.3) is 0 Å². The van der Waals surface area contributed by atoms with Crippen LogP contribution in [0.5, 0.6) is 0 Å². The second-order valence-corrected chi connectivity index (χ2v) is 5.94. The van der Waals surface area contributed by atoms with Gasteiger partial charge in [0.05, 0.1) is 13.1 Å². The molecular weight excluding hydrogens is 322 g/mol. The number of hydrogen-bond acceptors (Lipinski definition) is 5. The highest BCUT2D eigenvalue weighted by Crippen LogP contribution is 2.14. The fraction of sp³-hybridized carbons (Fsp3) is 0.444. The van der Waals surface area contributed by atoms with Crippen molar-refractivity contribution >= 4 is 23.5 Å². The third-order valence-corrected chi connectivity index (χ3v) is 3.96. The molecule has 1 aliphatic heterocycles. The second kappa shape index (κ2) is 9.08. The van der Waals surface area contributed by atoms with Crippen molar-refractivity contribution in [3.05, 3.63) is 35.9 Å². The molecule has 1 fully saturated rings. The number of carbonyl (C=O) groups is 4. The molecule has 25 heavy (non-hydrogen) atoms. The maximum atomic E-state index is 12.5. The van der Waals surface area contributed by atoms with Crippen LogP contribution in [0.2, 0.25) is 0 Å². The molecule has 7 nitrogen and oxygen atoms in total. The third-order valence-electron chi connectivity index (χ3n) is 3.96. The zero-order valence-corrected chi connectivity index (χ0v) is 14.3. The number of Topliss-reactive ketones (excluding diaryl/α,β-unsaturated/α-hetero) is 1. The van der Waals surface area contributed by atoms with Gasteiger partial charge in [-0.15, -0.1) is 0 Å². The summed E-state index contributed by atoms with van der Waals surface area (Å²) in [7, 11) is 0. The van der Waals surface area contributed by atoms with E-state index in [0.29, 0.717) is 12.1 Å². The maximum absolute atomic E-state index is 12.5. The summed E-state index contributed by atoms with van der Waals surface area (Å²) in [4.78, 5) is 49.6. The van der Waals surface area contributed by atoms with Crippen LogP contribution in [0.1, 0.15) is 36.5 Å². The Kier molecular flexibility index (Phi) is 6.82. The molecule has 0 spiro atoms. The molecule has 1 heterocycles. The molecule has 1 aromatic carbocycles. The first-order valence-corrected chi connectivity index (χ1v) is 8.45. The molecule has 2 N–H and O–H groups in total. The lowest BCUT2D eigenvalue weighted by molar-refractivity contribution is -0.150. The summed E-state index contributed by atoms with van der Waals surface area (Å²) in [5, 5.41) is 5.59. The van der Waals surface area contributed by atoms with Crippen molar-refractivity contribution in [2.45, 2.75) is 32.2 Å². The van der Waals surface area contributed by atoms with Crippen molar-refractivity contribution in [2.24, 2.45) is 0 Å². The summed E-state index contributed by atoms with van der Waals surface area (Å²) in [6.45, 7) is 2.52. The Hall–Kier alpha value is -2.54. The van der Waals surface area contributed by atoms with Gasteiger partial charge in [0, 0.05) is 12.0 Å². The first-order chi connectivity index (χ1) is 12.0. The summed E-state index contributed by atoms with van der Waals surface area (Å²) in [6, 6.07) is 7.74. The van der Waals surface area contributed by atoms with Crippen LogP contribution >= 0.6 is 0 Å². The van der Waals surface area contributed by atoms with Crippen molar-refractivity contribution in [1.29, 1.82) is 0 Å². The van der Waals surface area contributed by atoms with Crippen molar-refractivity contribution < 1.29 is 19.2 Å². The Bertz CT molecular complexity index is 645. The number of benzene rings is 1. The molecule has 0 saturated carbocycles. The summed E-state index contributed by atoms with van der Waals surface area (Å²) >= 11 is 0. The summed E-state index contributed by atoms with van der Waals surface area (Å²) < 4.78 is 0. The monoisotopic (exact) mass is 345 g/mol. The minimum Gasteiger partial charge on any atom is -0.343 e. The van der Waals surface area contributed by atoms with E-state index in [1.54, 1.807) is 30.3 Å². The minimum atomic E-state index is -0.766. The number of nitrogens with zero attached hydrogens (tertiary/aromatic N) is 1. The molecule has 0 aliphatic carbocycles. The largest absolute Gasteiger partial charge is 0.343 e. The first-order valence-electron chi connectivity index (χ1n) is 8.45. The highest BCUT2D eigenvalue weighted by molar-refractivity contribution is 6.07. The van der Waals surface area contributed by atoms with Gasteiger partial charge in [0.15, 0.2) is 5.78 Å². The van der Waals surface area contributed by atoms with E-state index in [4.69, 9.17) is 0 Å². The van der Waals surface area contributed by atoms with Crippen LogP contribution in [0, 0.1) is 0 Å². The van der Waals surface area contributed by atoms with Gasteiger partial charge in [-0.1, -0.05) is 37.3 Å². The summed E-state index contributed by atoms with van der Waals surface area (Å²) in [5.74, 6) is -1.51. The van der Waals surface area contributed by atoms with Gasteiger partial charge in [-0.3, -0.25) is 24.1 Å². The summed E-state index contributed by atoms with van der Waals surface area (Å²) in [5.41, 5.74) is 0.443. The van der Waals surface area contributed by atoms with Crippen molar-refractivity contribution in [2.75, 3.05) is 19.6 Å². The van der Waals surface area contributed by atoms with Gasteiger partial charge in [-0.05, 0) is 19.4 Å². The lowest BCUT2D eigenvalue weighted by Gasteiger charge is -2.30. The van der Waals surface area contributed by atoms with Crippen LogP contribution in [0.15, 0.2) is 30.3 Å².